The Bertz CT molecular complexity index is 561. The van der Waals surface area contributed by atoms with Crippen LogP contribution in [0.2, 0.25) is 5.02 Å². The fourth-order valence-corrected chi connectivity index (χ4v) is 2.95. The highest BCUT2D eigenvalue weighted by Crippen LogP contribution is 2.39. The van der Waals surface area contributed by atoms with E-state index in [1.807, 2.05) is 18.2 Å². The highest BCUT2D eigenvalue weighted by Gasteiger charge is 2.38. The number of anilines is 1. The van der Waals surface area contributed by atoms with Gasteiger partial charge in [-0.1, -0.05) is 23.7 Å². The largest absolute Gasteiger partial charge is 0.383 e. The molecule has 0 aromatic heterocycles. The Morgan fingerprint density at radius 3 is 2.89 bits per heavy atom. The third-order valence-corrected chi connectivity index (χ3v) is 4.08. The third-order valence-electron chi connectivity index (χ3n) is 3.76. The zero-order chi connectivity index (χ0) is 13.6. The lowest BCUT2D eigenvalue weighted by atomic mass is 9.94. The third kappa shape index (κ3) is 1.94. The molecule has 5 nitrogen and oxygen atoms in total. The molecule has 0 saturated carbocycles. The molecule has 2 atom stereocenters. The second-order valence-corrected chi connectivity index (χ2v) is 5.32. The van der Waals surface area contributed by atoms with E-state index in [-0.39, 0.29) is 17.9 Å². The molecule has 0 aliphatic carbocycles. The maximum Gasteiger partial charge on any atom is 0.324 e. The summed E-state index contributed by atoms with van der Waals surface area (Å²) in [6.07, 6.45) is 0.593. The Morgan fingerprint density at radius 1 is 1.42 bits per heavy atom. The van der Waals surface area contributed by atoms with Crippen molar-refractivity contribution in [3.05, 3.63) is 28.8 Å². The number of fused-ring (bicyclic) bond motifs is 1. The molecule has 3 amide bonds. The number of hydrogen-bond donors (Lipinski definition) is 2. The predicted molar refractivity (Wildman–Crippen MR) is 72.4 cm³/mol. The zero-order valence-electron chi connectivity index (χ0n) is 10.4. The first kappa shape index (κ1) is 12.3. The lowest BCUT2D eigenvalue weighted by Crippen LogP contribution is -2.31. The molecule has 1 unspecified atom stereocenters. The van der Waals surface area contributed by atoms with Gasteiger partial charge in [-0.05, 0) is 18.1 Å². The summed E-state index contributed by atoms with van der Waals surface area (Å²) in [6.45, 7) is 0.739. The SMILES string of the molecule is CN1C(=O)N[C@@H](CC2CNc3c(Cl)cccc32)C1=O. The number of urea groups is 1. The van der Waals surface area contributed by atoms with Crippen molar-refractivity contribution in [3.8, 4) is 0 Å². The van der Waals surface area contributed by atoms with Crippen molar-refractivity contribution in [2.24, 2.45) is 0 Å². The molecule has 2 N–H and O–H groups in total. The van der Waals surface area contributed by atoms with Gasteiger partial charge in [0.05, 0.1) is 10.7 Å². The number of nitrogens with one attached hydrogen (secondary N) is 2. The molecular weight excluding hydrogens is 266 g/mol. The summed E-state index contributed by atoms with van der Waals surface area (Å²) in [6, 6.07) is 4.99. The summed E-state index contributed by atoms with van der Waals surface area (Å²) >= 11 is 6.12. The van der Waals surface area contributed by atoms with Crippen LogP contribution in [0.1, 0.15) is 17.9 Å². The average Bonchev–Trinajstić information content (AvgIpc) is 2.90. The van der Waals surface area contributed by atoms with Crippen molar-refractivity contribution in [3.63, 3.8) is 0 Å². The number of amides is 3. The van der Waals surface area contributed by atoms with Gasteiger partial charge in [-0.3, -0.25) is 9.69 Å². The van der Waals surface area contributed by atoms with Gasteiger partial charge in [-0.15, -0.1) is 0 Å². The van der Waals surface area contributed by atoms with E-state index in [9.17, 15) is 9.59 Å². The maximum atomic E-state index is 11.9. The van der Waals surface area contributed by atoms with Crippen LogP contribution in [0.3, 0.4) is 0 Å². The summed E-state index contributed by atoms with van der Waals surface area (Å²) in [5.74, 6) is 0.0231. The molecule has 0 bridgehead atoms. The van der Waals surface area contributed by atoms with Gasteiger partial charge in [-0.25, -0.2) is 4.79 Å². The van der Waals surface area contributed by atoms with Crippen molar-refractivity contribution < 1.29 is 9.59 Å². The monoisotopic (exact) mass is 279 g/mol. The fraction of sp³-hybridized carbons (Fsp3) is 0.385. The molecule has 6 heteroatoms. The van der Waals surface area contributed by atoms with Crippen LogP contribution in [0.4, 0.5) is 10.5 Å². The molecule has 0 radical (unpaired) electrons. The quantitative estimate of drug-likeness (QED) is 0.812. The first-order valence-corrected chi connectivity index (χ1v) is 6.56. The van der Waals surface area contributed by atoms with E-state index < -0.39 is 6.04 Å². The van der Waals surface area contributed by atoms with Crippen LogP contribution in [0.15, 0.2) is 18.2 Å². The van der Waals surface area contributed by atoms with E-state index in [0.717, 1.165) is 22.7 Å². The maximum absolute atomic E-state index is 11.9. The molecule has 1 aromatic carbocycles. The number of para-hydroxylation sites is 1. The normalized spacial score (nSPS) is 25.3. The number of carbonyl (C=O) groups excluding carboxylic acids is 2. The van der Waals surface area contributed by atoms with Crippen molar-refractivity contribution in [2.75, 3.05) is 18.9 Å². The van der Waals surface area contributed by atoms with Gasteiger partial charge in [0.15, 0.2) is 0 Å². The zero-order valence-corrected chi connectivity index (χ0v) is 11.2. The summed E-state index contributed by atoms with van der Waals surface area (Å²) < 4.78 is 0. The number of carbonyl (C=O) groups is 2. The molecule has 19 heavy (non-hydrogen) atoms. The molecule has 1 saturated heterocycles. The first-order chi connectivity index (χ1) is 9.08. The Labute approximate surface area is 115 Å². The van der Waals surface area contributed by atoms with Crippen molar-refractivity contribution in [1.29, 1.82) is 0 Å². The van der Waals surface area contributed by atoms with Crippen molar-refractivity contribution in [2.45, 2.75) is 18.4 Å². The number of likely N-dealkylation sites (N-methyl/N-ethyl adjacent to an activating group) is 1. The molecular formula is C13H14ClN3O2. The van der Waals surface area contributed by atoms with E-state index in [2.05, 4.69) is 10.6 Å². The van der Waals surface area contributed by atoms with Gasteiger partial charge in [0, 0.05) is 19.5 Å². The van der Waals surface area contributed by atoms with E-state index in [4.69, 9.17) is 11.6 Å². The van der Waals surface area contributed by atoms with Gasteiger partial charge in [0.1, 0.15) is 6.04 Å². The molecule has 1 fully saturated rings. The van der Waals surface area contributed by atoms with Crippen LogP contribution < -0.4 is 10.6 Å². The molecule has 0 spiro atoms. The van der Waals surface area contributed by atoms with Crippen LogP contribution in [-0.2, 0) is 4.79 Å². The molecule has 3 rings (SSSR count). The highest BCUT2D eigenvalue weighted by atomic mass is 35.5. The Hall–Kier alpha value is -1.75. The van der Waals surface area contributed by atoms with Gasteiger partial charge >= 0.3 is 6.03 Å². The number of imide groups is 1. The summed E-state index contributed by atoms with van der Waals surface area (Å²) in [7, 11) is 1.50. The molecule has 2 heterocycles. The van der Waals surface area contributed by atoms with E-state index in [1.54, 1.807) is 0 Å². The molecule has 1 aromatic rings. The van der Waals surface area contributed by atoms with E-state index in [1.165, 1.54) is 7.05 Å². The van der Waals surface area contributed by atoms with Crippen LogP contribution >= 0.6 is 11.6 Å². The smallest absolute Gasteiger partial charge is 0.324 e. The number of rotatable bonds is 2. The second-order valence-electron chi connectivity index (χ2n) is 4.92. The number of hydrogen-bond acceptors (Lipinski definition) is 3. The fourth-order valence-electron chi connectivity index (χ4n) is 2.70. The molecule has 2 aliphatic rings. The topological polar surface area (TPSA) is 61.4 Å². The van der Waals surface area contributed by atoms with Crippen LogP contribution in [-0.4, -0.2) is 36.5 Å². The standard InChI is InChI=1S/C13H14ClN3O2/c1-17-12(18)10(16-13(17)19)5-7-6-15-11-8(7)3-2-4-9(11)14/h2-4,7,10,15H,5-6H2,1H3,(H,16,19)/t7?,10-/m0/s1. The number of nitrogens with zero attached hydrogens (tertiary/aromatic N) is 1. The van der Waals surface area contributed by atoms with Gasteiger partial charge in [-0.2, -0.15) is 0 Å². The Morgan fingerprint density at radius 2 is 2.21 bits per heavy atom. The molecule has 100 valence electrons. The average molecular weight is 280 g/mol. The minimum absolute atomic E-state index is 0.166. The Balaban J connectivity index is 1.79. The van der Waals surface area contributed by atoms with Crippen LogP contribution in [0.5, 0.6) is 0 Å². The lowest BCUT2D eigenvalue weighted by molar-refractivity contribution is -0.126. The van der Waals surface area contributed by atoms with Crippen molar-refractivity contribution >= 4 is 29.2 Å². The first-order valence-electron chi connectivity index (χ1n) is 6.18. The second kappa shape index (κ2) is 4.42. The Kier molecular flexibility index (Phi) is 2.86. The summed E-state index contributed by atoms with van der Waals surface area (Å²) in [4.78, 5) is 24.4. The number of benzene rings is 1. The predicted octanol–water partition coefficient (Wildman–Crippen LogP) is 1.79. The number of halogens is 1. The summed E-state index contributed by atoms with van der Waals surface area (Å²) in [5, 5.41) is 6.66. The van der Waals surface area contributed by atoms with E-state index in [0.29, 0.717) is 11.4 Å². The van der Waals surface area contributed by atoms with Crippen LogP contribution in [0.25, 0.3) is 0 Å². The minimum Gasteiger partial charge on any atom is -0.383 e. The highest BCUT2D eigenvalue weighted by molar-refractivity contribution is 6.33. The summed E-state index contributed by atoms with van der Waals surface area (Å²) in [5.41, 5.74) is 2.06. The van der Waals surface area contributed by atoms with Gasteiger partial charge < -0.3 is 10.6 Å². The minimum atomic E-state index is -0.436. The van der Waals surface area contributed by atoms with Gasteiger partial charge in [0.25, 0.3) is 5.91 Å². The molecule has 2 aliphatic heterocycles. The van der Waals surface area contributed by atoms with E-state index >= 15 is 0 Å². The lowest BCUT2D eigenvalue weighted by Gasteiger charge is -2.14. The van der Waals surface area contributed by atoms with Crippen LogP contribution in [0, 0.1) is 0 Å². The van der Waals surface area contributed by atoms with Crippen molar-refractivity contribution in [1.82, 2.24) is 10.2 Å². The van der Waals surface area contributed by atoms with Gasteiger partial charge in [0.2, 0.25) is 0 Å².